The van der Waals surface area contributed by atoms with Gasteiger partial charge in [-0.25, -0.2) is 8.42 Å². The second-order valence-corrected chi connectivity index (χ2v) is 17.9. The smallest absolute Gasteiger partial charge is 0.841 e. The Labute approximate surface area is 395 Å². The van der Waals surface area contributed by atoms with Crippen LogP contribution in [-0.2, 0) is 81.0 Å². The van der Waals surface area contributed by atoms with Gasteiger partial charge in [0.15, 0.2) is 6.29 Å². The molecule has 0 bridgehead atoms. The van der Waals surface area contributed by atoms with Crippen molar-refractivity contribution in [3.05, 3.63) is 239 Å². The number of hydrogen-bond acceptors (Lipinski definition) is 10. The van der Waals surface area contributed by atoms with E-state index in [4.69, 9.17) is 26.7 Å². The minimum atomic E-state index is -4.27. The average Bonchev–Trinajstić information content (AvgIpc) is 3.77. The van der Waals surface area contributed by atoms with E-state index in [0.29, 0.717) is 28.0 Å². The fourth-order valence-electron chi connectivity index (χ4n) is 7.14. The summed E-state index contributed by atoms with van der Waals surface area (Å²) < 4.78 is 74.0. The molecule has 14 heteroatoms. The summed E-state index contributed by atoms with van der Waals surface area (Å²) in [6, 6.07) is 55.9. The molecule has 0 unspecified atom stereocenters. The van der Waals surface area contributed by atoms with Crippen LogP contribution in [-0.4, -0.2) is 38.1 Å². The number of hydrogen-bond donors (Lipinski definition) is 1. The average molecular weight is 949 g/mol. The van der Waals surface area contributed by atoms with Gasteiger partial charge in [0.2, 0.25) is 0 Å². The fourth-order valence-corrected chi connectivity index (χ4v) is 8.28. The van der Waals surface area contributed by atoms with E-state index in [1.165, 1.54) is 24.3 Å². The zero-order valence-electron chi connectivity index (χ0n) is 34.8. The molecule has 0 aromatic heterocycles. The minimum Gasteiger partial charge on any atom is -0.841 e. The third-order valence-electron chi connectivity index (χ3n) is 10.5. The second-order valence-electron chi connectivity index (χ2n) is 14.8. The van der Waals surface area contributed by atoms with Crippen LogP contribution in [0.25, 0.3) is 0 Å². The van der Waals surface area contributed by atoms with E-state index in [1.54, 1.807) is 72.8 Å². The van der Waals surface area contributed by atoms with Crippen LogP contribution >= 0.6 is 0 Å². The van der Waals surface area contributed by atoms with E-state index in [9.17, 15) is 21.4 Å². The van der Waals surface area contributed by atoms with Gasteiger partial charge >= 0.3 is 21.7 Å². The first-order chi connectivity index (χ1) is 30.0. The minimum absolute atomic E-state index is 0. The van der Waals surface area contributed by atoms with Crippen LogP contribution in [0, 0.1) is 13.8 Å². The Morgan fingerprint density at radius 1 is 0.516 bits per heavy atom. The Kier molecular flexibility index (Phi) is 17.3. The largest absolute Gasteiger partial charge is 4.00 e. The molecular formula is C50H44O10S3Ti. The molecule has 10 nitrogen and oxygen atoms in total. The van der Waals surface area contributed by atoms with Crippen molar-refractivity contribution < 1.29 is 67.3 Å². The Bertz CT molecular complexity index is 2500. The summed E-state index contributed by atoms with van der Waals surface area (Å²) in [7, 11) is -8.29. The molecule has 0 spiro atoms. The van der Waals surface area contributed by atoms with Crippen LogP contribution in [0.4, 0.5) is 0 Å². The molecule has 1 heterocycles. The molecule has 1 aliphatic rings. The predicted molar refractivity (Wildman–Crippen MR) is 237 cm³/mol. The van der Waals surface area contributed by atoms with E-state index in [1.807, 2.05) is 111 Å². The standard InChI is InChI=1S/C36H30O4S.2C7H8O3S.Ti/c37-35(28-13-5-1-6-14-28,29-15-7-2-8-16-29)32-33(40-34(39-32)27-23-21-26(25-41)22-24-27)36(38,30-17-9-3-10-18-30)31-19-11-4-12-20-31;2*1-6-2-4-7(5-3-6)11(8,9)10;/h1-24,32-34,41H,25H2;2*2-5H,1H3,(H,8,9,10);/q-2;;;+4/p-2/t32-,33-;;;/m1.../s1. The van der Waals surface area contributed by atoms with Gasteiger partial charge in [-0.05, 0) is 49.3 Å². The van der Waals surface area contributed by atoms with Gasteiger partial charge in [-0.15, -0.1) is 0 Å². The van der Waals surface area contributed by atoms with Gasteiger partial charge in [-0.2, -0.15) is 14.2 Å². The first-order valence-corrected chi connectivity index (χ1v) is 23.1. The number of ether oxygens (including phenoxy) is 2. The molecule has 0 radical (unpaired) electrons. The molecule has 1 N–H and O–H groups in total. The van der Waals surface area contributed by atoms with Gasteiger partial charge in [-0.3, -0.25) is 4.55 Å². The maximum atomic E-state index is 15.5. The first kappa shape index (κ1) is 50.3. The van der Waals surface area contributed by atoms with Gasteiger partial charge in [0, 0.05) is 5.56 Å². The monoisotopic (exact) mass is 948 g/mol. The first-order valence-electron chi connectivity index (χ1n) is 19.7. The fraction of sp³-hybridized carbons (Fsp3) is 0.160. The van der Waals surface area contributed by atoms with Crippen molar-refractivity contribution in [2.24, 2.45) is 0 Å². The maximum absolute atomic E-state index is 15.5. The van der Waals surface area contributed by atoms with Crippen LogP contribution in [0.1, 0.15) is 50.8 Å². The summed E-state index contributed by atoms with van der Waals surface area (Å²) in [5, 5.41) is 31.1. The molecule has 0 amide bonds. The molecule has 1 fully saturated rings. The van der Waals surface area contributed by atoms with Gasteiger partial charge in [-0.1, -0.05) is 209 Å². The zero-order valence-corrected chi connectivity index (χ0v) is 38.8. The van der Waals surface area contributed by atoms with Gasteiger partial charge < -0.3 is 36.9 Å². The second kappa shape index (κ2) is 22.0. The van der Waals surface area contributed by atoms with Crippen LogP contribution in [0.3, 0.4) is 0 Å². The molecule has 64 heavy (non-hydrogen) atoms. The molecule has 1 aliphatic heterocycles. The van der Waals surface area contributed by atoms with E-state index in [-0.39, 0.29) is 31.5 Å². The third kappa shape index (κ3) is 11.9. The molecule has 0 saturated carbocycles. The normalized spacial score (nSPS) is 15.4. The SMILES string of the molecule is Cc1ccc(S(=O)(=O)O)cc1.Cc1ccc(S(=O)(=O)[O-])cc1.[O-]C(c1ccccc1)(c1ccccc1)[C@@H]1OC(c2ccc(C[S-])cc2)O[C@H]1C([O-])(c1ccccc1)c1ccccc1.[Ti+4]. The Balaban J connectivity index is 0.000000274. The van der Waals surface area contributed by atoms with Crippen molar-refractivity contribution in [2.75, 3.05) is 0 Å². The maximum Gasteiger partial charge on any atom is 4.00 e. The van der Waals surface area contributed by atoms with Crippen molar-refractivity contribution >= 4 is 32.9 Å². The quantitative estimate of drug-likeness (QED) is 0.0830. The topological polar surface area (TPSA) is 176 Å². The van der Waals surface area contributed by atoms with Crippen LogP contribution in [0.15, 0.2) is 204 Å². The van der Waals surface area contributed by atoms with E-state index in [0.717, 1.165) is 22.3 Å². The van der Waals surface area contributed by atoms with E-state index >= 15 is 10.2 Å². The molecule has 7 aromatic carbocycles. The number of benzene rings is 7. The Morgan fingerprint density at radius 3 is 1.11 bits per heavy atom. The summed E-state index contributed by atoms with van der Waals surface area (Å²) in [5.74, 6) is 0.481. The van der Waals surface area contributed by atoms with E-state index < -0.39 is 49.9 Å². The molecular weight excluding hydrogens is 905 g/mol. The van der Waals surface area contributed by atoms with Gasteiger partial charge in [0.1, 0.15) is 10.1 Å². The Hall–Kier alpha value is -4.74. The van der Waals surface area contributed by atoms with Gasteiger partial charge in [0.25, 0.3) is 10.1 Å². The predicted octanol–water partition coefficient (Wildman–Crippen LogP) is 7.26. The molecule has 0 aliphatic carbocycles. The number of rotatable bonds is 10. The number of aryl methyl sites for hydroxylation is 2. The van der Waals surface area contributed by atoms with Gasteiger partial charge in [0.05, 0.1) is 22.0 Å². The van der Waals surface area contributed by atoms with Crippen molar-refractivity contribution in [3.8, 4) is 0 Å². The van der Waals surface area contributed by atoms with E-state index in [2.05, 4.69) is 0 Å². The van der Waals surface area contributed by atoms with Crippen molar-refractivity contribution in [1.29, 1.82) is 0 Å². The van der Waals surface area contributed by atoms with Crippen molar-refractivity contribution in [2.45, 2.75) is 59.1 Å². The Morgan fingerprint density at radius 2 is 0.828 bits per heavy atom. The third-order valence-corrected chi connectivity index (χ3v) is 12.5. The molecule has 2 atom stereocenters. The molecule has 7 aromatic rings. The van der Waals surface area contributed by atoms with Crippen molar-refractivity contribution in [3.63, 3.8) is 0 Å². The molecule has 326 valence electrons. The summed E-state index contributed by atoms with van der Waals surface area (Å²) in [6.45, 7) is 3.66. The van der Waals surface area contributed by atoms with Crippen LogP contribution in [0.5, 0.6) is 0 Å². The van der Waals surface area contributed by atoms with Crippen molar-refractivity contribution in [1.82, 2.24) is 0 Å². The summed E-state index contributed by atoms with van der Waals surface area (Å²) in [4.78, 5) is -0.244. The summed E-state index contributed by atoms with van der Waals surface area (Å²) >= 11 is 5.20. The zero-order chi connectivity index (χ0) is 45.3. The van der Waals surface area contributed by atoms with Crippen LogP contribution < -0.4 is 10.2 Å². The van der Waals surface area contributed by atoms with Crippen LogP contribution in [0.2, 0.25) is 0 Å². The molecule has 1 saturated heterocycles. The summed E-state index contributed by atoms with van der Waals surface area (Å²) in [5.41, 5.74) is 1.67. The molecule has 8 rings (SSSR count). The summed E-state index contributed by atoms with van der Waals surface area (Å²) in [6.07, 6.45) is -3.30.